The van der Waals surface area contributed by atoms with Crippen LogP contribution < -0.4 is 11.1 Å². The Bertz CT molecular complexity index is 413. The molecule has 1 aliphatic carbocycles. The molecular weight excluding hydrogens is 207 g/mol. The quantitative estimate of drug-likeness (QED) is 0.793. The number of hydrogen-bond acceptors (Lipinski definition) is 2. The average molecular weight is 222 g/mol. The molecule has 2 rings (SSSR count). The molecule has 4 heteroatoms. The minimum absolute atomic E-state index is 0.100. The van der Waals surface area contributed by atoms with Crippen molar-refractivity contribution in [3.63, 3.8) is 0 Å². The standard InChI is InChI=1S/C12H15FN2O/c1-7-2-3-10(11(13)4-7)12(16)15-9-5-8(14)6-9/h2-4,8-9H,5-6,14H2,1H3,(H,15,16). The van der Waals surface area contributed by atoms with Gasteiger partial charge in [-0.15, -0.1) is 0 Å². The van der Waals surface area contributed by atoms with E-state index in [4.69, 9.17) is 5.73 Å². The lowest BCUT2D eigenvalue weighted by Gasteiger charge is -2.32. The fourth-order valence-corrected chi connectivity index (χ4v) is 1.85. The van der Waals surface area contributed by atoms with Crippen molar-refractivity contribution in [3.8, 4) is 0 Å². The summed E-state index contributed by atoms with van der Waals surface area (Å²) in [7, 11) is 0. The molecule has 0 bridgehead atoms. The Balaban J connectivity index is 2.03. The highest BCUT2D eigenvalue weighted by Gasteiger charge is 2.27. The number of hydrogen-bond donors (Lipinski definition) is 2. The van der Waals surface area contributed by atoms with E-state index in [1.807, 2.05) is 0 Å². The van der Waals surface area contributed by atoms with E-state index in [0.29, 0.717) is 0 Å². The van der Waals surface area contributed by atoms with Gasteiger partial charge in [0.25, 0.3) is 5.91 Å². The van der Waals surface area contributed by atoms with Crippen molar-refractivity contribution in [1.82, 2.24) is 5.32 Å². The van der Waals surface area contributed by atoms with Crippen LogP contribution in [0.5, 0.6) is 0 Å². The van der Waals surface area contributed by atoms with Gasteiger partial charge >= 0.3 is 0 Å². The van der Waals surface area contributed by atoms with Crippen molar-refractivity contribution in [3.05, 3.63) is 35.1 Å². The molecule has 0 aromatic heterocycles. The van der Waals surface area contributed by atoms with E-state index in [1.165, 1.54) is 12.1 Å². The summed E-state index contributed by atoms with van der Waals surface area (Å²) in [5, 5.41) is 2.76. The molecule has 0 unspecified atom stereocenters. The minimum Gasteiger partial charge on any atom is -0.349 e. The highest BCUT2D eigenvalue weighted by Crippen LogP contribution is 2.18. The minimum atomic E-state index is -0.471. The zero-order valence-electron chi connectivity index (χ0n) is 9.16. The Morgan fingerprint density at radius 2 is 2.19 bits per heavy atom. The van der Waals surface area contributed by atoms with E-state index in [9.17, 15) is 9.18 Å². The van der Waals surface area contributed by atoms with Gasteiger partial charge in [-0.05, 0) is 37.5 Å². The topological polar surface area (TPSA) is 55.1 Å². The van der Waals surface area contributed by atoms with Gasteiger partial charge in [-0.2, -0.15) is 0 Å². The fourth-order valence-electron chi connectivity index (χ4n) is 1.85. The van der Waals surface area contributed by atoms with Gasteiger partial charge in [0, 0.05) is 12.1 Å². The van der Waals surface area contributed by atoms with Crippen molar-refractivity contribution in [1.29, 1.82) is 0 Å². The van der Waals surface area contributed by atoms with E-state index in [-0.39, 0.29) is 23.6 Å². The third kappa shape index (κ3) is 2.22. The molecule has 16 heavy (non-hydrogen) atoms. The lowest BCUT2D eigenvalue weighted by molar-refractivity contribution is 0.0906. The number of carbonyl (C=O) groups excluding carboxylic acids is 1. The third-order valence-corrected chi connectivity index (χ3v) is 2.88. The highest BCUT2D eigenvalue weighted by atomic mass is 19.1. The van der Waals surface area contributed by atoms with Crippen LogP contribution in [0.1, 0.15) is 28.8 Å². The second-order valence-corrected chi connectivity index (χ2v) is 4.39. The summed E-state index contributed by atoms with van der Waals surface area (Å²) in [6.45, 7) is 1.79. The van der Waals surface area contributed by atoms with Crippen molar-refractivity contribution in [2.45, 2.75) is 31.8 Å². The Morgan fingerprint density at radius 3 is 2.75 bits per heavy atom. The first-order valence-electron chi connectivity index (χ1n) is 5.39. The van der Waals surface area contributed by atoms with Crippen LogP contribution in [-0.4, -0.2) is 18.0 Å². The number of halogens is 1. The first kappa shape index (κ1) is 11.1. The summed E-state index contributed by atoms with van der Waals surface area (Å²) >= 11 is 0. The van der Waals surface area contributed by atoms with Crippen molar-refractivity contribution < 1.29 is 9.18 Å². The van der Waals surface area contributed by atoms with Crippen LogP contribution in [0.25, 0.3) is 0 Å². The summed E-state index contributed by atoms with van der Waals surface area (Å²) in [4.78, 5) is 11.7. The van der Waals surface area contributed by atoms with Gasteiger partial charge < -0.3 is 11.1 Å². The number of benzene rings is 1. The second kappa shape index (κ2) is 4.22. The van der Waals surface area contributed by atoms with E-state index >= 15 is 0 Å². The maximum Gasteiger partial charge on any atom is 0.254 e. The molecular formula is C12H15FN2O. The highest BCUT2D eigenvalue weighted by molar-refractivity contribution is 5.94. The summed E-state index contributed by atoms with van der Waals surface area (Å²) < 4.78 is 13.5. The maximum absolute atomic E-state index is 13.5. The molecule has 1 aliphatic rings. The van der Waals surface area contributed by atoms with Crippen LogP contribution in [0.2, 0.25) is 0 Å². The number of nitrogens with two attached hydrogens (primary N) is 1. The molecule has 0 spiro atoms. The van der Waals surface area contributed by atoms with Crippen LogP contribution in [0.4, 0.5) is 4.39 Å². The normalized spacial score (nSPS) is 23.7. The Labute approximate surface area is 93.8 Å². The van der Waals surface area contributed by atoms with E-state index in [1.54, 1.807) is 13.0 Å². The van der Waals surface area contributed by atoms with Gasteiger partial charge in [0.2, 0.25) is 0 Å². The zero-order valence-corrected chi connectivity index (χ0v) is 9.16. The van der Waals surface area contributed by atoms with Gasteiger partial charge in [-0.25, -0.2) is 4.39 Å². The molecule has 3 nitrogen and oxygen atoms in total. The molecule has 0 radical (unpaired) electrons. The van der Waals surface area contributed by atoms with Gasteiger partial charge in [0.1, 0.15) is 5.82 Å². The van der Waals surface area contributed by atoms with Crippen LogP contribution in [0.3, 0.4) is 0 Å². The molecule has 3 N–H and O–H groups in total. The molecule has 1 fully saturated rings. The van der Waals surface area contributed by atoms with E-state index in [0.717, 1.165) is 18.4 Å². The maximum atomic E-state index is 13.5. The number of rotatable bonds is 2. The Hall–Kier alpha value is -1.42. The lowest BCUT2D eigenvalue weighted by Crippen LogP contribution is -2.50. The average Bonchev–Trinajstić information content (AvgIpc) is 2.15. The van der Waals surface area contributed by atoms with E-state index < -0.39 is 5.82 Å². The number of amides is 1. The molecule has 1 amide bonds. The molecule has 1 aromatic rings. The summed E-state index contributed by atoms with van der Waals surface area (Å²) in [6, 6.07) is 4.88. The smallest absolute Gasteiger partial charge is 0.254 e. The molecule has 1 aromatic carbocycles. The molecule has 0 aliphatic heterocycles. The molecule has 1 saturated carbocycles. The number of carbonyl (C=O) groups is 1. The molecule has 0 saturated heterocycles. The first-order valence-corrected chi connectivity index (χ1v) is 5.39. The van der Waals surface area contributed by atoms with Gasteiger partial charge in [0.15, 0.2) is 0 Å². The summed E-state index contributed by atoms with van der Waals surface area (Å²) in [5.74, 6) is -0.824. The van der Waals surface area contributed by atoms with E-state index in [2.05, 4.69) is 5.32 Å². The van der Waals surface area contributed by atoms with Crippen molar-refractivity contribution in [2.24, 2.45) is 5.73 Å². The summed E-state index contributed by atoms with van der Waals surface area (Å²) in [5.41, 5.74) is 6.52. The van der Waals surface area contributed by atoms with Gasteiger partial charge in [-0.3, -0.25) is 4.79 Å². The van der Waals surface area contributed by atoms with Crippen LogP contribution in [-0.2, 0) is 0 Å². The Kier molecular flexibility index (Phi) is 2.92. The van der Waals surface area contributed by atoms with Crippen LogP contribution in [0, 0.1) is 12.7 Å². The second-order valence-electron chi connectivity index (χ2n) is 4.39. The number of nitrogens with one attached hydrogen (secondary N) is 1. The van der Waals surface area contributed by atoms with Crippen molar-refractivity contribution in [2.75, 3.05) is 0 Å². The molecule has 86 valence electrons. The predicted octanol–water partition coefficient (Wildman–Crippen LogP) is 1.35. The van der Waals surface area contributed by atoms with Crippen LogP contribution in [0.15, 0.2) is 18.2 Å². The van der Waals surface area contributed by atoms with Crippen LogP contribution >= 0.6 is 0 Å². The monoisotopic (exact) mass is 222 g/mol. The van der Waals surface area contributed by atoms with Gasteiger partial charge in [0.05, 0.1) is 5.56 Å². The molecule has 0 heterocycles. The SMILES string of the molecule is Cc1ccc(C(=O)NC2CC(N)C2)c(F)c1. The third-order valence-electron chi connectivity index (χ3n) is 2.88. The zero-order chi connectivity index (χ0) is 11.7. The largest absolute Gasteiger partial charge is 0.349 e. The van der Waals surface area contributed by atoms with Crippen molar-refractivity contribution >= 4 is 5.91 Å². The Morgan fingerprint density at radius 1 is 1.50 bits per heavy atom. The predicted molar refractivity (Wildman–Crippen MR) is 59.6 cm³/mol. The van der Waals surface area contributed by atoms with Gasteiger partial charge in [-0.1, -0.05) is 6.07 Å². The fraction of sp³-hybridized carbons (Fsp3) is 0.417. The number of aryl methyl sites for hydroxylation is 1. The molecule has 0 atom stereocenters. The summed E-state index contributed by atoms with van der Waals surface area (Å²) in [6.07, 6.45) is 1.55. The lowest BCUT2D eigenvalue weighted by atomic mass is 9.87. The first-order chi connectivity index (χ1) is 7.56.